The molecule has 0 saturated heterocycles. The van der Waals surface area contributed by atoms with E-state index in [0.717, 1.165) is 6.54 Å². The first-order valence-electron chi connectivity index (χ1n) is 6.71. The summed E-state index contributed by atoms with van der Waals surface area (Å²) in [6.45, 7) is 3.17. The fourth-order valence-corrected chi connectivity index (χ4v) is 2.27. The Bertz CT molecular complexity index is 198. The lowest BCUT2D eigenvalue weighted by Gasteiger charge is -2.20. The largest absolute Gasteiger partial charge is 0.356 e. The number of nitrogens with two attached hydrogens (primary N) is 1. The predicted molar refractivity (Wildman–Crippen MR) is 67.0 cm³/mol. The SMILES string of the molecule is CC(CN)C(=O)NCC1CCCCCCC1. The quantitative estimate of drug-likeness (QED) is 0.771. The molecule has 1 saturated carbocycles. The Morgan fingerprint density at radius 1 is 1.25 bits per heavy atom. The lowest BCUT2D eigenvalue weighted by Crippen LogP contribution is -2.36. The first-order valence-corrected chi connectivity index (χ1v) is 6.71. The van der Waals surface area contributed by atoms with Crippen molar-refractivity contribution in [2.24, 2.45) is 17.6 Å². The van der Waals surface area contributed by atoms with Crippen LogP contribution in [0.25, 0.3) is 0 Å². The second-order valence-corrected chi connectivity index (χ2v) is 5.09. The monoisotopic (exact) mass is 226 g/mol. The average Bonchev–Trinajstić information content (AvgIpc) is 2.26. The maximum absolute atomic E-state index is 11.6. The van der Waals surface area contributed by atoms with E-state index in [1.807, 2.05) is 6.92 Å². The van der Waals surface area contributed by atoms with Crippen molar-refractivity contribution < 1.29 is 4.79 Å². The summed E-state index contributed by atoms with van der Waals surface area (Å²) in [5, 5.41) is 3.03. The Morgan fingerprint density at radius 2 is 1.81 bits per heavy atom. The van der Waals surface area contributed by atoms with E-state index in [4.69, 9.17) is 5.73 Å². The van der Waals surface area contributed by atoms with Gasteiger partial charge in [-0.25, -0.2) is 0 Å². The summed E-state index contributed by atoms with van der Waals surface area (Å²) in [7, 11) is 0. The molecule has 3 N–H and O–H groups in total. The lowest BCUT2D eigenvalue weighted by molar-refractivity contribution is -0.124. The number of carbonyl (C=O) groups is 1. The first kappa shape index (κ1) is 13.5. The van der Waals surface area contributed by atoms with Crippen LogP contribution in [0.15, 0.2) is 0 Å². The molecule has 0 radical (unpaired) electrons. The van der Waals surface area contributed by atoms with Crippen molar-refractivity contribution in [3.05, 3.63) is 0 Å². The van der Waals surface area contributed by atoms with Gasteiger partial charge in [0.1, 0.15) is 0 Å². The summed E-state index contributed by atoms with van der Waals surface area (Å²) in [4.78, 5) is 11.6. The van der Waals surface area contributed by atoms with E-state index in [-0.39, 0.29) is 11.8 Å². The topological polar surface area (TPSA) is 55.1 Å². The highest BCUT2D eigenvalue weighted by molar-refractivity contribution is 5.78. The minimum atomic E-state index is -0.0476. The van der Waals surface area contributed by atoms with E-state index in [2.05, 4.69) is 5.32 Å². The Hall–Kier alpha value is -0.570. The first-order chi connectivity index (χ1) is 7.74. The smallest absolute Gasteiger partial charge is 0.224 e. The zero-order valence-electron chi connectivity index (χ0n) is 10.5. The summed E-state index contributed by atoms with van der Waals surface area (Å²) in [6.07, 6.45) is 9.32. The fraction of sp³-hybridized carbons (Fsp3) is 0.923. The highest BCUT2D eigenvalue weighted by atomic mass is 16.1. The van der Waals surface area contributed by atoms with Crippen molar-refractivity contribution in [1.82, 2.24) is 5.32 Å². The second-order valence-electron chi connectivity index (χ2n) is 5.09. The molecule has 1 atom stereocenters. The maximum atomic E-state index is 11.6. The molecule has 0 heterocycles. The fourth-order valence-electron chi connectivity index (χ4n) is 2.27. The third-order valence-corrected chi connectivity index (χ3v) is 3.59. The van der Waals surface area contributed by atoms with E-state index in [0.29, 0.717) is 12.5 Å². The molecule has 1 rings (SSSR count). The van der Waals surface area contributed by atoms with E-state index in [9.17, 15) is 4.79 Å². The van der Waals surface area contributed by atoms with Crippen molar-refractivity contribution in [2.75, 3.05) is 13.1 Å². The van der Waals surface area contributed by atoms with Crippen molar-refractivity contribution in [3.63, 3.8) is 0 Å². The van der Waals surface area contributed by atoms with Crippen LogP contribution in [0.2, 0.25) is 0 Å². The van der Waals surface area contributed by atoms with Crippen LogP contribution in [0.1, 0.15) is 51.9 Å². The molecule has 1 aliphatic carbocycles. The molecule has 0 aromatic rings. The van der Waals surface area contributed by atoms with Gasteiger partial charge in [0.15, 0.2) is 0 Å². The minimum Gasteiger partial charge on any atom is -0.356 e. The number of amides is 1. The Kier molecular flexibility index (Phi) is 6.46. The van der Waals surface area contributed by atoms with Crippen LogP contribution in [-0.4, -0.2) is 19.0 Å². The molecule has 0 aliphatic heterocycles. The molecule has 3 heteroatoms. The third kappa shape index (κ3) is 4.97. The van der Waals surface area contributed by atoms with Gasteiger partial charge in [0.25, 0.3) is 0 Å². The molecule has 0 aromatic heterocycles. The molecule has 1 amide bonds. The van der Waals surface area contributed by atoms with E-state index in [1.54, 1.807) is 0 Å². The number of nitrogens with one attached hydrogen (secondary N) is 1. The van der Waals surface area contributed by atoms with Gasteiger partial charge < -0.3 is 11.1 Å². The van der Waals surface area contributed by atoms with E-state index < -0.39 is 0 Å². The van der Waals surface area contributed by atoms with Crippen molar-refractivity contribution in [2.45, 2.75) is 51.9 Å². The summed E-state index contributed by atoms with van der Waals surface area (Å²) in [5.74, 6) is 0.757. The van der Waals surface area contributed by atoms with E-state index in [1.165, 1.54) is 44.9 Å². The third-order valence-electron chi connectivity index (χ3n) is 3.59. The number of hydrogen-bond acceptors (Lipinski definition) is 2. The van der Waals surface area contributed by atoms with E-state index >= 15 is 0 Å². The van der Waals surface area contributed by atoms with Gasteiger partial charge in [0.2, 0.25) is 5.91 Å². The minimum absolute atomic E-state index is 0.0476. The normalized spacial score (nSPS) is 20.9. The van der Waals surface area contributed by atoms with Crippen LogP contribution >= 0.6 is 0 Å². The zero-order valence-corrected chi connectivity index (χ0v) is 10.5. The Morgan fingerprint density at radius 3 is 2.38 bits per heavy atom. The van der Waals surface area contributed by atoms with Crippen LogP contribution in [0.5, 0.6) is 0 Å². The van der Waals surface area contributed by atoms with Crippen LogP contribution in [0.3, 0.4) is 0 Å². The number of carbonyl (C=O) groups excluding carboxylic acids is 1. The van der Waals surface area contributed by atoms with Crippen molar-refractivity contribution in [1.29, 1.82) is 0 Å². The Labute approximate surface area is 99.2 Å². The van der Waals surface area contributed by atoms with Crippen molar-refractivity contribution >= 4 is 5.91 Å². The number of hydrogen-bond donors (Lipinski definition) is 2. The van der Waals surface area contributed by atoms with Gasteiger partial charge in [-0.1, -0.05) is 39.0 Å². The molecular weight excluding hydrogens is 200 g/mol. The summed E-state index contributed by atoms with van der Waals surface area (Å²) >= 11 is 0. The van der Waals surface area contributed by atoms with Gasteiger partial charge in [-0.3, -0.25) is 4.79 Å². The molecular formula is C13H26N2O. The summed E-state index contributed by atoms with van der Waals surface area (Å²) in [6, 6.07) is 0. The van der Waals surface area contributed by atoms with Gasteiger partial charge in [-0.15, -0.1) is 0 Å². The average molecular weight is 226 g/mol. The Balaban J connectivity index is 2.21. The van der Waals surface area contributed by atoms with Gasteiger partial charge in [-0.05, 0) is 18.8 Å². The summed E-state index contributed by atoms with van der Waals surface area (Å²) < 4.78 is 0. The molecule has 3 nitrogen and oxygen atoms in total. The molecule has 94 valence electrons. The highest BCUT2D eigenvalue weighted by Gasteiger charge is 2.15. The van der Waals surface area contributed by atoms with Crippen LogP contribution in [0, 0.1) is 11.8 Å². The summed E-state index contributed by atoms with van der Waals surface area (Å²) in [5.41, 5.74) is 5.47. The second kappa shape index (κ2) is 7.66. The molecule has 16 heavy (non-hydrogen) atoms. The molecule has 0 spiro atoms. The number of rotatable bonds is 4. The van der Waals surface area contributed by atoms with Gasteiger partial charge in [0, 0.05) is 19.0 Å². The molecule has 1 unspecified atom stereocenters. The van der Waals surface area contributed by atoms with Crippen LogP contribution in [-0.2, 0) is 4.79 Å². The molecule has 0 aromatic carbocycles. The van der Waals surface area contributed by atoms with Gasteiger partial charge >= 0.3 is 0 Å². The van der Waals surface area contributed by atoms with Crippen LogP contribution < -0.4 is 11.1 Å². The maximum Gasteiger partial charge on any atom is 0.224 e. The molecule has 1 aliphatic rings. The van der Waals surface area contributed by atoms with Crippen LogP contribution in [0.4, 0.5) is 0 Å². The molecule has 1 fully saturated rings. The van der Waals surface area contributed by atoms with Gasteiger partial charge in [-0.2, -0.15) is 0 Å². The predicted octanol–water partition coefficient (Wildman–Crippen LogP) is 2.06. The molecule has 0 bridgehead atoms. The van der Waals surface area contributed by atoms with Crippen molar-refractivity contribution in [3.8, 4) is 0 Å². The van der Waals surface area contributed by atoms with Gasteiger partial charge in [0.05, 0.1) is 0 Å². The zero-order chi connectivity index (χ0) is 11.8. The lowest BCUT2D eigenvalue weighted by atomic mass is 9.91. The highest BCUT2D eigenvalue weighted by Crippen LogP contribution is 2.21. The standard InChI is InChI=1S/C13H26N2O/c1-11(9-14)13(16)15-10-12-7-5-3-2-4-6-8-12/h11-12H,2-10,14H2,1H3,(H,15,16).